The van der Waals surface area contributed by atoms with Crippen LogP contribution in [0.1, 0.15) is 17.3 Å². The van der Waals surface area contributed by atoms with E-state index in [-0.39, 0.29) is 0 Å². The van der Waals surface area contributed by atoms with E-state index >= 15 is 4.39 Å². The second-order valence-corrected chi connectivity index (χ2v) is 12.1. The lowest BCUT2D eigenvalue weighted by Crippen LogP contribution is -2.59. The maximum atomic E-state index is 15.2. The second-order valence-electron chi connectivity index (χ2n) is 7.92. The van der Waals surface area contributed by atoms with Crippen molar-refractivity contribution < 1.29 is 82.7 Å². The van der Waals surface area contributed by atoms with Gasteiger partial charge in [0, 0.05) is 5.56 Å². The summed E-state index contributed by atoms with van der Waals surface area (Å²) in [5.41, 5.74) is -15.5. The van der Waals surface area contributed by atoms with Crippen LogP contribution < -0.4 is 0 Å². The van der Waals surface area contributed by atoms with E-state index in [0.29, 0.717) is 0 Å². The zero-order valence-corrected chi connectivity index (χ0v) is 19.3. The minimum Gasteiger partial charge on any atom is -0.243 e. The lowest BCUT2D eigenvalue weighted by atomic mass is 9.89. The van der Waals surface area contributed by atoms with E-state index in [1.807, 2.05) is 0 Å². The Kier molecular flexibility index (Phi) is 7.64. The molecule has 0 radical (unpaired) electrons. The molecule has 0 amide bonds. The highest BCUT2D eigenvalue weighted by Gasteiger charge is 2.64. The van der Waals surface area contributed by atoms with Crippen molar-refractivity contribution in [2.45, 2.75) is 47.8 Å². The maximum Gasteiger partial charge on any atom is 0.502 e. The van der Waals surface area contributed by atoms with Crippen LogP contribution in [0.2, 0.25) is 0 Å². The third-order valence-corrected chi connectivity index (χ3v) is 10.3. The molecule has 0 saturated heterocycles. The first-order valence-electron chi connectivity index (χ1n) is 9.60. The summed E-state index contributed by atoms with van der Waals surface area (Å²) in [6.45, 7) is 0. The van der Waals surface area contributed by atoms with Gasteiger partial charge in [-0.25, -0.2) is 69.5 Å². The molecule has 2 aliphatic rings. The normalized spacial score (nSPS) is 31.8. The maximum absolute atomic E-state index is 15.2. The van der Waals surface area contributed by atoms with Crippen molar-refractivity contribution in [3.05, 3.63) is 50.0 Å². The molecule has 1 aromatic rings. The summed E-state index contributed by atoms with van der Waals surface area (Å²) in [7, 11) is -15.3. The van der Waals surface area contributed by atoms with Gasteiger partial charge in [0.15, 0.2) is 86.0 Å². The number of fused-ring (bicyclic) bond motifs is 1. The number of hydrogen-bond acceptors (Lipinski definition) is 4. The molecule has 1 fully saturated rings. The Labute approximate surface area is 206 Å². The molecule has 5 atom stereocenters. The monoisotopic (exact) mass is 636 g/mol. The first-order chi connectivity index (χ1) is 17.5. The fourth-order valence-corrected chi connectivity index (χ4v) is 8.13. The first kappa shape index (κ1) is 31.1. The summed E-state index contributed by atoms with van der Waals surface area (Å²) >= 11 is 0. The Bertz CT molecular complexity index is 1480. The molecule has 220 valence electrons. The lowest BCUT2D eigenvalue weighted by molar-refractivity contribution is -0.0477. The van der Waals surface area contributed by atoms with Crippen LogP contribution in [0, 0.1) is 23.3 Å². The molecule has 5 unspecified atom stereocenters. The number of benzene rings is 1. The van der Waals surface area contributed by atoms with Crippen molar-refractivity contribution in [1.29, 1.82) is 0 Å². The van der Waals surface area contributed by atoms with E-state index < -0.39 is 123 Å². The zero-order valence-electron chi connectivity index (χ0n) is 17.7. The highest BCUT2D eigenvalue weighted by Crippen LogP contribution is 2.52. The smallest absolute Gasteiger partial charge is 0.243 e. The van der Waals surface area contributed by atoms with Gasteiger partial charge in [0.05, 0.1) is 11.1 Å². The molecule has 1 saturated carbocycles. The third-order valence-electron chi connectivity index (χ3n) is 5.69. The zero-order chi connectivity index (χ0) is 30.3. The van der Waals surface area contributed by atoms with Crippen LogP contribution in [0.15, 0.2) is 15.6 Å². The fraction of sp³-hybridized carbons (Fsp3) is 0.444. The van der Waals surface area contributed by atoms with Gasteiger partial charge in [-0.15, -0.1) is 0 Å². The Morgan fingerprint density at radius 3 is 1.44 bits per heavy atom. The minimum atomic E-state index is -7.92. The molecule has 4 nitrogen and oxygen atoms in total. The van der Waals surface area contributed by atoms with Gasteiger partial charge in [-0.3, -0.25) is 0 Å². The van der Waals surface area contributed by atoms with Crippen molar-refractivity contribution in [1.82, 2.24) is 0 Å². The van der Waals surface area contributed by atoms with E-state index in [9.17, 15) is 78.3 Å². The van der Waals surface area contributed by atoms with E-state index in [0.717, 1.165) is 0 Å². The largest absolute Gasteiger partial charge is 0.502 e. The van der Waals surface area contributed by atoms with Crippen LogP contribution >= 0.6 is 0 Å². The van der Waals surface area contributed by atoms with E-state index in [1.165, 1.54) is 0 Å². The van der Waals surface area contributed by atoms with Crippen molar-refractivity contribution >= 4 is 25.5 Å². The molecule has 0 aromatic heterocycles. The Balaban J connectivity index is 2.56. The standard InChI is InChI=1S/C18H7F15O4S2/c19-4-1-2(7(22)10(25)9(24)6(1)21)5(20)8(23)3(4)17(39(36,37)18(31,32)33)38(34,35)16-14(29)12(27)11(26)13(28)15(16)30/h4,11-16H. The SMILES string of the molecule is O=S(=O)(C(=C1C(F)=C(F)c2c(F)c(F)c(F)c(F)c2C1F)S(=O)(=O)C(F)(F)F)C1C(F)C(F)C(F)C(F)C1F. The summed E-state index contributed by atoms with van der Waals surface area (Å²) in [6.07, 6.45) is -24.9. The predicted octanol–water partition coefficient (Wildman–Crippen LogP) is 5.51. The molecule has 0 spiro atoms. The molecule has 39 heavy (non-hydrogen) atoms. The molecule has 0 N–H and O–H groups in total. The molecule has 0 heterocycles. The van der Waals surface area contributed by atoms with Gasteiger partial charge >= 0.3 is 5.51 Å². The van der Waals surface area contributed by atoms with Gasteiger partial charge in [0.2, 0.25) is 0 Å². The first-order valence-corrected chi connectivity index (χ1v) is 12.6. The number of hydrogen-bond donors (Lipinski definition) is 0. The quantitative estimate of drug-likeness (QED) is 0.250. The summed E-state index contributed by atoms with van der Waals surface area (Å²) in [5.74, 6) is -18.7. The molecule has 0 bridgehead atoms. The van der Waals surface area contributed by atoms with Crippen molar-refractivity contribution in [2.75, 3.05) is 0 Å². The van der Waals surface area contributed by atoms with Crippen LogP contribution in [0.3, 0.4) is 0 Å². The van der Waals surface area contributed by atoms with Gasteiger partial charge in [0.1, 0.15) is 5.25 Å². The minimum absolute atomic E-state index is 2.53. The molecule has 2 aliphatic carbocycles. The average molecular weight is 636 g/mol. The van der Waals surface area contributed by atoms with E-state index in [4.69, 9.17) is 0 Å². The molecule has 21 heteroatoms. The topological polar surface area (TPSA) is 68.3 Å². The highest BCUT2D eigenvalue weighted by molar-refractivity contribution is 8.15. The van der Waals surface area contributed by atoms with E-state index in [1.54, 1.807) is 0 Å². The highest BCUT2D eigenvalue weighted by atomic mass is 32.3. The summed E-state index contributed by atoms with van der Waals surface area (Å²) < 4.78 is 256. The molecular weight excluding hydrogens is 629 g/mol. The van der Waals surface area contributed by atoms with E-state index in [2.05, 4.69) is 0 Å². The van der Waals surface area contributed by atoms with Crippen LogP contribution in [0.5, 0.6) is 0 Å². The molecular formula is C18H7F15O4S2. The van der Waals surface area contributed by atoms with Crippen LogP contribution in [0.25, 0.3) is 5.83 Å². The van der Waals surface area contributed by atoms with Crippen molar-refractivity contribution in [3.8, 4) is 0 Å². The lowest BCUT2D eigenvalue weighted by Gasteiger charge is -2.36. The van der Waals surface area contributed by atoms with Crippen LogP contribution in [0.4, 0.5) is 65.9 Å². The van der Waals surface area contributed by atoms with Crippen LogP contribution in [-0.2, 0) is 19.7 Å². The summed E-state index contributed by atoms with van der Waals surface area (Å²) in [6, 6.07) is 0. The Hall–Kier alpha value is -2.45. The van der Waals surface area contributed by atoms with Gasteiger partial charge in [-0.05, 0) is 0 Å². The molecule has 3 rings (SSSR count). The number of halogens is 15. The summed E-state index contributed by atoms with van der Waals surface area (Å²) in [4.78, 5) is 0. The fourth-order valence-electron chi connectivity index (χ4n) is 3.86. The Morgan fingerprint density at radius 1 is 0.590 bits per heavy atom. The van der Waals surface area contributed by atoms with Gasteiger partial charge < -0.3 is 0 Å². The number of alkyl halides is 9. The Morgan fingerprint density at radius 2 is 1.00 bits per heavy atom. The number of sulfone groups is 2. The third kappa shape index (κ3) is 4.29. The van der Waals surface area contributed by atoms with Gasteiger partial charge in [-0.1, -0.05) is 0 Å². The number of allylic oxidation sites excluding steroid dienone is 2. The predicted molar refractivity (Wildman–Crippen MR) is 98.4 cm³/mol. The second kappa shape index (κ2) is 9.58. The molecule has 0 aliphatic heterocycles. The number of rotatable bonds is 3. The van der Waals surface area contributed by atoms with Crippen molar-refractivity contribution in [3.63, 3.8) is 0 Å². The van der Waals surface area contributed by atoms with Crippen molar-refractivity contribution in [2.24, 2.45) is 0 Å². The average Bonchev–Trinajstić information content (AvgIpc) is 2.82. The van der Waals surface area contributed by atoms with Crippen LogP contribution in [-0.4, -0.2) is 58.5 Å². The molecule has 1 aromatic carbocycles. The summed E-state index contributed by atoms with van der Waals surface area (Å²) in [5, 5.41) is -4.34. The van der Waals surface area contributed by atoms with Gasteiger partial charge in [0.25, 0.3) is 9.84 Å². The van der Waals surface area contributed by atoms with Gasteiger partial charge in [-0.2, -0.15) is 13.2 Å².